The zero-order chi connectivity index (χ0) is 12.8. The Bertz CT molecular complexity index is 482. The number of rotatable bonds is 6. The maximum atomic E-state index is 10.8. The zero-order valence-electron chi connectivity index (χ0n) is 9.82. The summed E-state index contributed by atoms with van der Waals surface area (Å²) in [6.07, 6.45) is 5.01. The van der Waals surface area contributed by atoms with Crippen LogP contribution in [0.25, 0.3) is 0 Å². The average molecular weight is 246 g/mol. The van der Waals surface area contributed by atoms with E-state index in [0.29, 0.717) is 13.1 Å². The van der Waals surface area contributed by atoms with Gasteiger partial charge in [-0.25, -0.2) is 0 Å². The lowest BCUT2D eigenvalue weighted by atomic mass is 10.2. The van der Waals surface area contributed by atoms with Crippen LogP contribution in [0.2, 0.25) is 0 Å². The van der Waals surface area contributed by atoms with Crippen molar-refractivity contribution in [3.8, 4) is 0 Å². The Morgan fingerprint density at radius 2 is 2.22 bits per heavy atom. The summed E-state index contributed by atoms with van der Waals surface area (Å²) in [5.41, 5.74) is 0.977. The van der Waals surface area contributed by atoms with Crippen LogP contribution in [0.15, 0.2) is 47.3 Å². The molecule has 0 saturated carbocycles. The molecule has 0 aliphatic rings. The van der Waals surface area contributed by atoms with Crippen molar-refractivity contribution in [2.45, 2.75) is 13.1 Å². The molecule has 2 aromatic rings. The molecule has 2 aromatic heterocycles. The normalized spacial score (nSPS) is 10.7. The number of carboxylic acid groups (broad SMARTS) is 1. The number of furan rings is 1. The minimum atomic E-state index is -0.856. The van der Waals surface area contributed by atoms with Gasteiger partial charge in [0.2, 0.25) is 0 Å². The highest BCUT2D eigenvalue weighted by atomic mass is 16.4. The smallest absolute Gasteiger partial charge is 0.317 e. The second-order valence-electron chi connectivity index (χ2n) is 3.98. The lowest BCUT2D eigenvalue weighted by Crippen LogP contribution is -2.28. The highest BCUT2D eigenvalue weighted by Gasteiger charge is 2.12. The summed E-state index contributed by atoms with van der Waals surface area (Å²) in [7, 11) is 0. The molecule has 2 rings (SSSR count). The Labute approximate surface area is 105 Å². The third kappa shape index (κ3) is 3.71. The Morgan fingerprint density at radius 1 is 1.33 bits per heavy atom. The monoisotopic (exact) mass is 246 g/mol. The summed E-state index contributed by atoms with van der Waals surface area (Å²) in [6, 6.07) is 7.38. The second kappa shape index (κ2) is 5.97. The van der Waals surface area contributed by atoms with Crippen molar-refractivity contribution in [3.63, 3.8) is 0 Å². The van der Waals surface area contributed by atoms with Crippen molar-refractivity contribution in [2.75, 3.05) is 6.54 Å². The van der Waals surface area contributed by atoms with Crippen molar-refractivity contribution in [3.05, 3.63) is 54.2 Å². The molecular formula is C13H14N2O3. The van der Waals surface area contributed by atoms with E-state index in [-0.39, 0.29) is 6.54 Å². The van der Waals surface area contributed by atoms with Gasteiger partial charge in [0.1, 0.15) is 5.76 Å². The third-order valence-electron chi connectivity index (χ3n) is 2.45. The molecule has 1 N–H and O–H groups in total. The van der Waals surface area contributed by atoms with Crippen LogP contribution < -0.4 is 0 Å². The van der Waals surface area contributed by atoms with Gasteiger partial charge in [-0.1, -0.05) is 6.07 Å². The maximum absolute atomic E-state index is 10.8. The van der Waals surface area contributed by atoms with Crippen LogP contribution in [0.3, 0.4) is 0 Å². The van der Waals surface area contributed by atoms with E-state index in [1.807, 2.05) is 18.2 Å². The van der Waals surface area contributed by atoms with Gasteiger partial charge in [0.25, 0.3) is 0 Å². The number of aliphatic carboxylic acids is 1. The van der Waals surface area contributed by atoms with E-state index < -0.39 is 5.97 Å². The highest BCUT2D eigenvalue weighted by molar-refractivity contribution is 5.69. The minimum Gasteiger partial charge on any atom is -0.480 e. The molecule has 94 valence electrons. The molecule has 0 aliphatic carbocycles. The SMILES string of the molecule is O=C(O)CN(Cc1cccnc1)Cc1ccco1. The largest absolute Gasteiger partial charge is 0.480 e. The van der Waals surface area contributed by atoms with Crippen molar-refractivity contribution in [1.82, 2.24) is 9.88 Å². The Morgan fingerprint density at radius 3 is 2.83 bits per heavy atom. The maximum Gasteiger partial charge on any atom is 0.317 e. The van der Waals surface area contributed by atoms with Gasteiger partial charge in [-0.15, -0.1) is 0 Å². The molecule has 0 aromatic carbocycles. The Kier molecular flexibility index (Phi) is 4.09. The first-order valence-corrected chi connectivity index (χ1v) is 5.59. The predicted octanol–water partition coefficient (Wildman–Crippen LogP) is 1.76. The van der Waals surface area contributed by atoms with Crippen LogP contribution in [0.1, 0.15) is 11.3 Å². The quantitative estimate of drug-likeness (QED) is 0.841. The van der Waals surface area contributed by atoms with E-state index in [0.717, 1.165) is 11.3 Å². The predicted molar refractivity (Wildman–Crippen MR) is 64.7 cm³/mol. The first-order valence-electron chi connectivity index (χ1n) is 5.59. The van der Waals surface area contributed by atoms with Gasteiger partial charge in [-0.05, 0) is 23.8 Å². The average Bonchev–Trinajstić information content (AvgIpc) is 2.82. The van der Waals surface area contributed by atoms with Crippen LogP contribution >= 0.6 is 0 Å². The van der Waals surface area contributed by atoms with Crippen LogP contribution in [0, 0.1) is 0 Å². The summed E-state index contributed by atoms with van der Waals surface area (Å²) < 4.78 is 5.23. The van der Waals surface area contributed by atoms with Crippen LogP contribution in [0.4, 0.5) is 0 Å². The van der Waals surface area contributed by atoms with Gasteiger partial charge >= 0.3 is 5.97 Å². The number of aromatic nitrogens is 1. The molecule has 0 aliphatic heterocycles. The summed E-state index contributed by atoms with van der Waals surface area (Å²) in [4.78, 5) is 16.6. The molecule has 18 heavy (non-hydrogen) atoms. The first-order chi connectivity index (χ1) is 8.74. The molecule has 0 unspecified atom stereocenters. The molecular weight excluding hydrogens is 232 g/mol. The number of carbonyl (C=O) groups is 1. The number of hydrogen-bond acceptors (Lipinski definition) is 4. The van der Waals surface area contributed by atoms with Crippen LogP contribution in [-0.4, -0.2) is 27.5 Å². The minimum absolute atomic E-state index is 0.0321. The summed E-state index contributed by atoms with van der Waals surface area (Å²) in [5, 5.41) is 8.90. The lowest BCUT2D eigenvalue weighted by Gasteiger charge is -2.18. The Balaban J connectivity index is 2.03. The van der Waals surface area contributed by atoms with Gasteiger partial charge in [0, 0.05) is 18.9 Å². The molecule has 0 fully saturated rings. The standard InChI is InChI=1S/C13H14N2O3/c16-13(17)10-15(9-12-4-2-6-18-12)8-11-3-1-5-14-7-11/h1-7H,8-10H2,(H,16,17). The zero-order valence-corrected chi connectivity index (χ0v) is 9.82. The highest BCUT2D eigenvalue weighted by Crippen LogP contribution is 2.09. The van der Waals surface area contributed by atoms with Gasteiger partial charge in [-0.2, -0.15) is 0 Å². The molecule has 0 radical (unpaired) electrons. The number of carboxylic acids is 1. The van der Waals surface area contributed by atoms with Crippen molar-refractivity contribution in [1.29, 1.82) is 0 Å². The molecule has 0 atom stereocenters. The number of pyridine rings is 1. The van der Waals surface area contributed by atoms with Crippen molar-refractivity contribution in [2.24, 2.45) is 0 Å². The molecule has 0 bridgehead atoms. The van der Waals surface area contributed by atoms with E-state index in [1.54, 1.807) is 29.6 Å². The summed E-state index contributed by atoms with van der Waals surface area (Å²) in [6.45, 7) is 0.963. The molecule has 5 nitrogen and oxygen atoms in total. The van der Waals surface area contributed by atoms with Gasteiger partial charge in [-0.3, -0.25) is 14.7 Å². The van der Waals surface area contributed by atoms with Crippen LogP contribution in [-0.2, 0) is 17.9 Å². The van der Waals surface area contributed by atoms with Crippen LogP contribution in [0.5, 0.6) is 0 Å². The van der Waals surface area contributed by atoms with E-state index in [2.05, 4.69) is 4.98 Å². The summed E-state index contributed by atoms with van der Waals surface area (Å²) in [5.74, 6) is -0.106. The molecule has 0 saturated heterocycles. The van der Waals surface area contributed by atoms with Crippen molar-refractivity contribution >= 4 is 5.97 Å². The van der Waals surface area contributed by atoms with E-state index in [4.69, 9.17) is 9.52 Å². The van der Waals surface area contributed by atoms with E-state index in [1.165, 1.54) is 0 Å². The van der Waals surface area contributed by atoms with Gasteiger partial charge in [0.15, 0.2) is 0 Å². The second-order valence-corrected chi connectivity index (χ2v) is 3.98. The van der Waals surface area contributed by atoms with Gasteiger partial charge in [0.05, 0.1) is 19.4 Å². The van der Waals surface area contributed by atoms with E-state index in [9.17, 15) is 4.79 Å². The van der Waals surface area contributed by atoms with E-state index >= 15 is 0 Å². The van der Waals surface area contributed by atoms with Gasteiger partial charge < -0.3 is 9.52 Å². The lowest BCUT2D eigenvalue weighted by molar-refractivity contribution is -0.138. The Hall–Kier alpha value is -2.14. The topological polar surface area (TPSA) is 66.6 Å². The molecule has 0 amide bonds. The van der Waals surface area contributed by atoms with Crippen molar-refractivity contribution < 1.29 is 14.3 Å². The first kappa shape index (κ1) is 12.3. The summed E-state index contributed by atoms with van der Waals surface area (Å²) >= 11 is 0. The fourth-order valence-electron chi connectivity index (χ4n) is 1.73. The molecule has 0 spiro atoms. The fraction of sp³-hybridized carbons (Fsp3) is 0.231. The third-order valence-corrected chi connectivity index (χ3v) is 2.45. The molecule has 2 heterocycles. The molecule has 5 heteroatoms. The number of hydrogen-bond donors (Lipinski definition) is 1. The fourth-order valence-corrected chi connectivity index (χ4v) is 1.73. The number of nitrogens with zero attached hydrogens (tertiary/aromatic N) is 2.